The van der Waals surface area contributed by atoms with Crippen molar-refractivity contribution < 1.29 is 58.7 Å². The molecule has 1 aliphatic rings. The van der Waals surface area contributed by atoms with Gasteiger partial charge in [-0.2, -0.15) is 0 Å². The van der Waals surface area contributed by atoms with Gasteiger partial charge in [0.2, 0.25) is 5.91 Å². The van der Waals surface area contributed by atoms with E-state index >= 15 is 0 Å². The van der Waals surface area contributed by atoms with E-state index in [1.54, 1.807) is 27.2 Å². The van der Waals surface area contributed by atoms with Crippen molar-refractivity contribution >= 4 is 51.7 Å². The summed E-state index contributed by atoms with van der Waals surface area (Å²) in [7, 11) is 3.25. The minimum Gasteiger partial charge on any atom is -1.00 e. The van der Waals surface area contributed by atoms with Crippen molar-refractivity contribution in [3.05, 3.63) is 85.0 Å². The van der Waals surface area contributed by atoms with Gasteiger partial charge in [0, 0.05) is 27.8 Å². The second-order valence-electron chi connectivity index (χ2n) is 11.4. The van der Waals surface area contributed by atoms with Crippen LogP contribution in [0.2, 0.25) is 0 Å². The van der Waals surface area contributed by atoms with Gasteiger partial charge in [-0.05, 0) is 48.2 Å². The molecule has 0 spiro atoms. The summed E-state index contributed by atoms with van der Waals surface area (Å²) in [6.07, 6.45) is 2.66. The summed E-state index contributed by atoms with van der Waals surface area (Å²) in [6.45, 7) is 16.7. The van der Waals surface area contributed by atoms with Gasteiger partial charge in [0.25, 0.3) is 0 Å². The average molecular weight is 700 g/mol. The number of amides is 2. The summed E-state index contributed by atoms with van der Waals surface area (Å²) >= 11 is 7.33. The van der Waals surface area contributed by atoms with Gasteiger partial charge in [-0.15, -0.1) is 13.2 Å². The number of benzene rings is 2. The molecule has 2 aromatic rings. The standard InChI is InChI=1S/C20H27NO5.C14H20O3.Al.Li.S2.4H/c1-6-20(4,13-25-11-15-7-9-16(24-5)10-8-15)18(22)21-17(14(2)3)12-26-19(21)23;1-4-14(2,10-15)11-17-9-12-5-7-13(16-3)8-6-12;;;1-2;;;;/h6-10,14,17H,1,11-13H2,2-5H3;4-8,15H,1,9-11H2,2-3H3;;;;;;;/q;;;+1;;;;;-1/t17-,20+;14-;;;;;;;/m00......./s1. The fourth-order valence-corrected chi connectivity index (χ4v) is 4.04. The first-order valence-corrected chi connectivity index (χ1v) is 15.8. The van der Waals surface area contributed by atoms with Crippen molar-refractivity contribution in [2.75, 3.05) is 40.6 Å². The summed E-state index contributed by atoms with van der Waals surface area (Å²) in [5, 5.41) is 9.18. The number of carbonyl (C=O) groups is 2. The predicted molar refractivity (Wildman–Crippen MR) is 192 cm³/mol. The summed E-state index contributed by atoms with van der Waals surface area (Å²) < 4.78 is 26.6. The average Bonchev–Trinajstić information content (AvgIpc) is 3.47. The number of hydrogen-bond donors (Lipinski definition) is 1. The third-order valence-corrected chi connectivity index (χ3v) is 7.38. The number of hydrogen-bond acceptors (Lipinski definition) is 10. The fraction of sp³-hybridized carbons (Fsp3) is 0.471. The molecule has 0 aromatic heterocycles. The smallest absolute Gasteiger partial charge is 1.00 e. The Morgan fingerprint density at radius 2 is 1.43 bits per heavy atom. The van der Waals surface area contributed by atoms with E-state index in [2.05, 4.69) is 35.5 Å². The minimum absolute atomic E-state index is 0. The zero-order valence-corrected chi connectivity index (χ0v) is 29.8. The molecule has 0 bridgehead atoms. The number of aliphatic hydroxyl groups excluding tert-OH is 1. The van der Waals surface area contributed by atoms with Crippen LogP contribution < -0.4 is 28.3 Å². The Morgan fingerprint density at radius 3 is 1.79 bits per heavy atom. The molecule has 1 fully saturated rings. The fourth-order valence-electron chi connectivity index (χ4n) is 4.04. The molecule has 256 valence electrons. The van der Waals surface area contributed by atoms with Gasteiger partial charge in [0.1, 0.15) is 18.1 Å². The molecular weight excluding hydrogens is 648 g/mol. The van der Waals surface area contributed by atoms with Crippen molar-refractivity contribution in [1.82, 2.24) is 4.90 Å². The number of nitrogens with zero attached hydrogens (tertiary/aromatic N) is 1. The van der Waals surface area contributed by atoms with E-state index in [1.165, 1.54) is 11.0 Å². The first-order chi connectivity index (χ1) is 21.5. The van der Waals surface area contributed by atoms with Crippen molar-refractivity contribution in [3.8, 4) is 11.5 Å². The maximum Gasteiger partial charge on any atom is 1.00 e. The van der Waals surface area contributed by atoms with Gasteiger partial charge in [-0.3, -0.25) is 4.79 Å². The molecule has 2 aromatic carbocycles. The van der Waals surface area contributed by atoms with Gasteiger partial charge < -0.3 is 30.2 Å². The number of ether oxygens (including phenoxy) is 5. The van der Waals surface area contributed by atoms with Gasteiger partial charge in [0.15, 0.2) is 17.4 Å². The van der Waals surface area contributed by atoms with Gasteiger partial charge in [0.05, 0.1) is 58.7 Å². The Labute approximate surface area is 314 Å². The van der Waals surface area contributed by atoms with Crippen LogP contribution in [-0.2, 0) is 54.6 Å². The zero-order valence-electron chi connectivity index (χ0n) is 29.2. The molecule has 13 heteroatoms. The number of cyclic esters (lactones) is 1. The first-order valence-electron chi connectivity index (χ1n) is 14.4. The van der Waals surface area contributed by atoms with Gasteiger partial charge in [-0.25, -0.2) is 9.69 Å². The molecular formula is C34H51AlLiNO8S2. The number of methoxy groups -OCH3 is 2. The van der Waals surface area contributed by atoms with E-state index in [4.69, 9.17) is 23.7 Å². The summed E-state index contributed by atoms with van der Waals surface area (Å²) in [5.74, 6) is 1.37. The first kappa shape index (κ1) is 47.0. The second kappa shape index (κ2) is 24.1. The molecule has 3 rings (SSSR count). The van der Waals surface area contributed by atoms with Crippen molar-refractivity contribution in [1.29, 1.82) is 0 Å². The molecule has 0 saturated carbocycles. The molecule has 9 nitrogen and oxygen atoms in total. The Kier molecular flexibility index (Phi) is 24.1. The van der Waals surface area contributed by atoms with Crippen LogP contribution in [0.3, 0.4) is 0 Å². The Morgan fingerprint density at radius 1 is 0.979 bits per heavy atom. The Bertz CT molecular complexity index is 1230. The number of carbonyl (C=O) groups excluding carboxylic acids is 2. The molecule has 0 unspecified atom stereocenters. The van der Waals surface area contributed by atoms with Crippen LogP contribution in [0.4, 0.5) is 4.79 Å². The SMILES string of the molecule is C=C[C@@](C)(CO)COCc1ccc(OC)cc1.C=C[C@](C)(COCc1ccc(OC)cc1)C(=O)N1C(=O)OC[C@H]1C(C)C.S=S.[AlH3].[H-].[Li+]. The number of imide groups is 1. The second-order valence-corrected chi connectivity index (χ2v) is 11.4. The molecule has 1 heterocycles. The quantitative estimate of drug-likeness (QED) is 0.219. The molecule has 1 aliphatic heterocycles. The molecule has 0 radical (unpaired) electrons. The molecule has 0 aliphatic carbocycles. The molecule has 2 amide bonds. The number of aliphatic hydroxyl groups is 1. The van der Waals surface area contributed by atoms with Crippen LogP contribution in [0.15, 0.2) is 73.8 Å². The number of rotatable bonds is 15. The third-order valence-electron chi connectivity index (χ3n) is 7.38. The van der Waals surface area contributed by atoms with Crippen LogP contribution >= 0.6 is 0 Å². The van der Waals surface area contributed by atoms with Gasteiger partial charge in [-0.1, -0.05) is 57.2 Å². The Hall–Kier alpha value is -2.09. The maximum absolute atomic E-state index is 13.0. The van der Waals surface area contributed by atoms with E-state index in [0.29, 0.717) is 19.8 Å². The summed E-state index contributed by atoms with van der Waals surface area (Å²) in [5.41, 5.74) is 0.663. The van der Waals surface area contributed by atoms with Crippen LogP contribution in [0, 0.1) is 16.7 Å². The van der Waals surface area contributed by atoms with Crippen LogP contribution in [0.25, 0.3) is 0 Å². The van der Waals surface area contributed by atoms with E-state index in [9.17, 15) is 14.7 Å². The maximum atomic E-state index is 13.0. The van der Waals surface area contributed by atoms with E-state index in [1.807, 2.05) is 69.3 Å². The van der Waals surface area contributed by atoms with Crippen LogP contribution in [-0.4, -0.2) is 86.1 Å². The van der Waals surface area contributed by atoms with E-state index < -0.39 is 11.5 Å². The monoisotopic (exact) mass is 699 g/mol. The largest absolute Gasteiger partial charge is 1.00 e. The topological polar surface area (TPSA) is 104 Å². The molecule has 47 heavy (non-hydrogen) atoms. The molecule has 1 N–H and O–H groups in total. The molecule has 3 atom stereocenters. The normalized spacial score (nSPS) is 15.8. The van der Waals surface area contributed by atoms with E-state index in [0.717, 1.165) is 22.6 Å². The van der Waals surface area contributed by atoms with Crippen molar-refractivity contribution in [2.24, 2.45) is 16.7 Å². The minimum atomic E-state index is -1.01. The third kappa shape index (κ3) is 14.9. The summed E-state index contributed by atoms with van der Waals surface area (Å²) in [4.78, 5) is 26.3. The van der Waals surface area contributed by atoms with Crippen molar-refractivity contribution in [2.45, 2.75) is 47.0 Å². The van der Waals surface area contributed by atoms with E-state index in [-0.39, 0.29) is 80.8 Å². The van der Waals surface area contributed by atoms with Crippen LogP contribution in [0.1, 0.15) is 40.2 Å². The van der Waals surface area contributed by atoms with Crippen LogP contribution in [0.5, 0.6) is 11.5 Å². The zero-order chi connectivity index (χ0) is 34.0. The Balaban J connectivity index is -0.000000809. The summed E-state index contributed by atoms with van der Waals surface area (Å²) in [6, 6.07) is 15.0. The van der Waals surface area contributed by atoms with Gasteiger partial charge >= 0.3 is 25.0 Å². The predicted octanol–water partition coefficient (Wildman–Crippen LogP) is 1.73. The molecule has 1 saturated heterocycles. The van der Waals surface area contributed by atoms with Crippen molar-refractivity contribution in [3.63, 3.8) is 0 Å².